The van der Waals surface area contributed by atoms with Crippen LogP contribution in [0.15, 0.2) is 36.4 Å². The summed E-state index contributed by atoms with van der Waals surface area (Å²) in [6.07, 6.45) is 0.643. The largest absolute Gasteiger partial charge is 0.493 e. The number of urea groups is 1. The van der Waals surface area contributed by atoms with Gasteiger partial charge in [-0.25, -0.2) is 4.79 Å². The van der Waals surface area contributed by atoms with Gasteiger partial charge in [0.2, 0.25) is 0 Å². The molecule has 5 nitrogen and oxygen atoms in total. The van der Waals surface area contributed by atoms with Gasteiger partial charge in [-0.3, -0.25) is 0 Å². The Morgan fingerprint density at radius 3 is 2.33 bits per heavy atom. The molecule has 0 atom stereocenters. The van der Waals surface area contributed by atoms with Gasteiger partial charge in [0.1, 0.15) is 0 Å². The van der Waals surface area contributed by atoms with Crippen LogP contribution in [0.4, 0.5) is 10.5 Å². The Morgan fingerprint density at radius 1 is 1.04 bits per heavy atom. The van der Waals surface area contributed by atoms with E-state index in [0.717, 1.165) is 5.56 Å². The zero-order valence-corrected chi connectivity index (χ0v) is 14.9. The van der Waals surface area contributed by atoms with Gasteiger partial charge < -0.3 is 20.1 Å². The fourth-order valence-corrected chi connectivity index (χ4v) is 2.62. The van der Waals surface area contributed by atoms with Crippen molar-refractivity contribution in [3.8, 4) is 11.5 Å². The monoisotopic (exact) mass is 368 g/mol. The number of methoxy groups -OCH3 is 2. The van der Waals surface area contributed by atoms with Gasteiger partial charge in [0, 0.05) is 6.54 Å². The van der Waals surface area contributed by atoms with Gasteiger partial charge in [0.15, 0.2) is 11.5 Å². The SMILES string of the molecule is COc1ccc(CCNC(=O)Nc2c(Cl)cccc2Cl)cc1OC. The molecule has 0 aromatic heterocycles. The molecule has 0 heterocycles. The van der Waals surface area contributed by atoms with Crippen molar-refractivity contribution in [3.05, 3.63) is 52.0 Å². The molecule has 0 fully saturated rings. The molecule has 2 aromatic carbocycles. The number of amides is 2. The highest BCUT2D eigenvalue weighted by atomic mass is 35.5. The number of para-hydroxylation sites is 1. The maximum absolute atomic E-state index is 11.9. The number of hydrogen-bond acceptors (Lipinski definition) is 3. The van der Waals surface area contributed by atoms with Gasteiger partial charge in [0.05, 0.1) is 30.0 Å². The summed E-state index contributed by atoms with van der Waals surface area (Å²) in [5, 5.41) is 6.18. The van der Waals surface area contributed by atoms with Crippen molar-refractivity contribution in [2.45, 2.75) is 6.42 Å². The van der Waals surface area contributed by atoms with Crippen LogP contribution in [-0.4, -0.2) is 26.8 Å². The predicted octanol–water partition coefficient (Wildman–Crippen LogP) is 4.37. The topological polar surface area (TPSA) is 59.6 Å². The lowest BCUT2D eigenvalue weighted by molar-refractivity contribution is 0.252. The Hall–Kier alpha value is -2.11. The van der Waals surface area contributed by atoms with Crippen molar-refractivity contribution in [1.82, 2.24) is 5.32 Å². The number of rotatable bonds is 6. The number of nitrogens with one attached hydrogen (secondary N) is 2. The lowest BCUT2D eigenvalue weighted by Gasteiger charge is -2.12. The van der Waals surface area contributed by atoms with Crippen LogP contribution in [0.25, 0.3) is 0 Å². The van der Waals surface area contributed by atoms with E-state index >= 15 is 0 Å². The van der Waals surface area contributed by atoms with Gasteiger partial charge in [0.25, 0.3) is 0 Å². The van der Waals surface area contributed by atoms with E-state index in [-0.39, 0.29) is 6.03 Å². The summed E-state index contributed by atoms with van der Waals surface area (Å²) in [5.41, 5.74) is 1.41. The molecule has 7 heteroatoms. The molecule has 0 radical (unpaired) electrons. The minimum atomic E-state index is -0.370. The highest BCUT2D eigenvalue weighted by molar-refractivity contribution is 6.39. The van der Waals surface area contributed by atoms with Gasteiger partial charge in [-0.05, 0) is 36.2 Å². The molecule has 0 saturated heterocycles. The molecule has 0 unspecified atom stereocenters. The van der Waals surface area contributed by atoms with E-state index in [4.69, 9.17) is 32.7 Å². The van der Waals surface area contributed by atoms with Crippen molar-refractivity contribution in [3.63, 3.8) is 0 Å². The molecule has 2 amide bonds. The van der Waals surface area contributed by atoms with Crippen LogP contribution in [0.2, 0.25) is 10.0 Å². The molecule has 128 valence electrons. The second kappa shape index (κ2) is 8.66. The van der Waals surface area contributed by atoms with Crippen molar-refractivity contribution in [2.24, 2.45) is 0 Å². The van der Waals surface area contributed by atoms with Crippen LogP contribution in [0.3, 0.4) is 0 Å². The van der Waals surface area contributed by atoms with E-state index < -0.39 is 0 Å². The van der Waals surface area contributed by atoms with Gasteiger partial charge in [-0.2, -0.15) is 0 Å². The second-order valence-electron chi connectivity index (χ2n) is 4.92. The van der Waals surface area contributed by atoms with Crippen LogP contribution >= 0.6 is 23.2 Å². The summed E-state index contributed by atoms with van der Waals surface area (Å²) in [5.74, 6) is 1.32. The molecular formula is C17H18Cl2N2O3. The quantitative estimate of drug-likeness (QED) is 0.795. The zero-order valence-electron chi connectivity index (χ0n) is 13.4. The van der Waals surface area contributed by atoms with Gasteiger partial charge in [-0.15, -0.1) is 0 Å². The van der Waals surface area contributed by atoms with E-state index in [0.29, 0.717) is 40.2 Å². The highest BCUT2D eigenvalue weighted by Crippen LogP contribution is 2.29. The molecule has 0 aliphatic carbocycles. The minimum absolute atomic E-state index is 0.370. The third-order valence-electron chi connectivity index (χ3n) is 3.35. The molecule has 0 aliphatic heterocycles. The maximum Gasteiger partial charge on any atom is 0.319 e. The zero-order chi connectivity index (χ0) is 17.5. The third-order valence-corrected chi connectivity index (χ3v) is 3.98. The van der Waals surface area contributed by atoms with Gasteiger partial charge >= 0.3 is 6.03 Å². The number of benzene rings is 2. The number of halogens is 2. The summed E-state index contributed by atoms with van der Waals surface area (Å²) in [4.78, 5) is 11.9. The average molecular weight is 369 g/mol. The minimum Gasteiger partial charge on any atom is -0.493 e. The van der Waals surface area contributed by atoms with Crippen LogP contribution < -0.4 is 20.1 Å². The fourth-order valence-electron chi connectivity index (χ4n) is 2.13. The van der Waals surface area contributed by atoms with Crippen LogP contribution in [-0.2, 0) is 6.42 Å². The third kappa shape index (κ3) is 4.69. The smallest absolute Gasteiger partial charge is 0.319 e. The summed E-state index contributed by atoms with van der Waals surface area (Å²) >= 11 is 12.0. The fraction of sp³-hybridized carbons (Fsp3) is 0.235. The van der Waals surface area contributed by atoms with Crippen molar-refractivity contribution < 1.29 is 14.3 Å². The van der Waals surface area contributed by atoms with Crippen molar-refractivity contribution >= 4 is 34.9 Å². The molecule has 0 spiro atoms. The van der Waals surface area contributed by atoms with E-state index in [1.165, 1.54) is 0 Å². The highest BCUT2D eigenvalue weighted by Gasteiger charge is 2.09. The lowest BCUT2D eigenvalue weighted by atomic mass is 10.1. The number of anilines is 1. The first kappa shape index (κ1) is 18.2. The van der Waals surface area contributed by atoms with E-state index in [1.54, 1.807) is 32.4 Å². The van der Waals surface area contributed by atoms with Crippen molar-refractivity contribution in [2.75, 3.05) is 26.1 Å². The normalized spacial score (nSPS) is 10.2. The second-order valence-corrected chi connectivity index (χ2v) is 5.73. The Balaban J connectivity index is 1.89. The molecule has 24 heavy (non-hydrogen) atoms. The molecule has 0 aliphatic rings. The Kier molecular flexibility index (Phi) is 6.58. The standard InChI is InChI=1S/C17H18Cl2N2O3/c1-23-14-7-6-11(10-15(14)24-2)8-9-20-17(22)21-16-12(18)4-3-5-13(16)19/h3-7,10H,8-9H2,1-2H3,(H2,20,21,22). The van der Waals surface area contributed by atoms with Crippen molar-refractivity contribution in [1.29, 1.82) is 0 Å². The molecule has 0 bridgehead atoms. The lowest BCUT2D eigenvalue weighted by Crippen LogP contribution is -2.30. The summed E-state index contributed by atoms with van der Waals surface area (Å²) in [7, 11) is 3.17. The van der Waals surface area contributed by atoms with E-state index in [9.17, 15) is 4.79 Å². The van der Waals surface area contributed by atoms with E-state index in [1.807, 2.05) is 18.2 Å². The number of ether oxygens (including phenoxy) is 2. The summed E-state index contributed by atoms with van der Waals surface area (Å²) in [6.45, 7) is 0.448. The summed E-state index contributed by atoms with van der Waals surface area (Å²) in [6, 6.07) is 10.3. The molecular weight excluding hydrogens is 351 g/mol. The molecule has 2 aromatic rings. The van der Waals surface area contributed by atoms with Crippen LogP contribution in [0.5, 0.6) is 11.5 Å². The Labute approximate surface area is 150 Å². The molecule has 2 rings (SSSR count). The van der Waals surface area contributed by atoms with Gasteiger partial charge in [-0.1, -0.05) is 35.3 Å². The maximum atomic E-state index is 11.9. The first-order valence-corrected chi connectivity index (χ1v) is 8.00. The Bertz CT molecular complexity index is 703. The average Bonchev–Trinajstić information content (AvgIpc) is 2.58. The number of hydrogen-bond donors (Lipinski definition) is 2. The molecule has 0 saturated carbocycles. The predicted molar refractivity (Wildman–Crippen MR) is 96.7 cm³/mol. The first-order chi connectivity index (χ1) is 11.5. The summed E-state index contributed by atoms with van der Waals surface area (Å²) < 4.78 is 10.4. The first-order valence-electron chi connectivity index (χ1n) is 7.25. The number of carbonyl (C=O) groups excluding carboxylic acids is 1. The number of carbonyl (C=O) groups is 1. The van der Waals surface area contributed by atoms with E-state index in [2.05, 4.69) is 10.6 Å². The Morgan fingerprint density at radius 2 is 1.71 bits per heavy atom. The van der Waals surface area contributed by atoms with Crippen LogP contribution in [0, 0.1) is 0 Å². The van der Waals surface area contributed by atoms with Crippen LogP contribution in [0.1, 0.15) is 5.56 Å². The molecule has 2 N–H and O–H groups in total.